The fraction of sp³-hybridized carbons (Fsp3) is 0.125. The maximum atomic E-state index is 12.9. The molecular weight excluding hydrogens is 496 g/mol. The average Bonchev–Trinajstić information content (AvgIpc) is 3.54. The number of hydrogen-bond donors (Lipinski definition) is 1. The van der Waals surface area contributed by atoms with Gasteiger partial charge >= 0.3 is 0 Å². The van der Waals surface area contributed by atoms with E-state index in [1.165, 1.54) is 4.90 Å². The predicted molar refractivity (Wildman–Crippen MR) is 133 cm³/mol. The van der Waals surface area contributed by atoms with Gasteiger partial charge < -0.3 is 19.2 Å². The van der Waals surface area contributed by atoms with Crippen LogP contribution in [0.25, 0.3) is 17.4 Å². The molecule has 0 atom stereocenters. The number of ether oxygens (including phenoxy) is 2. The van der Waals surface area contributed by atoms with E-state index in [4.69, 9.17) is 37.7 Å². The molecule has 1 saturated heterocycles. The molecule has 3 aromatic rings. The van der Waals surface area contributed by atoms with Gasteiger partial charge in [0.05, 0.1) is 9.93 Å². The summed E-state index contributed by atoms with van der Waals surface area (Å²) in [6, 6.07) is 16.3. The van der Waals surface area contributed by atoms with Crippen LogP contribution in [0.4, 0.5) is 0 Å². The summed E-state index contributed by atoms with van der Waals surface area (Å²) in [5.74, 6) is 1.73. The Labute approximate surface area is 209 Å². The summed E-state index contributed by atoms with van der Waals surface area (Å²) in [6.45, 7) is 0.305. The topological polar surface area (TPSA) is 81.0 Å². The number of furan rings is 1. The molecule has 34 heavy (non-hydrogen) atoms. The van der Waals surface area contributed by atoms with Crippen LogP contribution in [0.5, 0.6) is 11.5 Å². The van der Waals surface area contributed by atoms with E-state index in [-0.39, 0.29) is 31.7 Å². The van der Waals surface area contributed by atoms with Gasteiger partial charge in [-0.1, -0.05) is 53.8 Å². The van der Waals surface area contributed by atoms with Gasteiger partial charge in [-0.2, -0.15) is 0 Å². The Kier molecular flexibility index (Phi) is 6.32. The first kappa shape index (κ1) is 22.5. The molecule has 0 bridgehead atoms. The van der Waals surface area contributed by atoms with Crippen molar-refractivity contribution in [3.8, 4) is 22.8 Å². The molecule has 3 heterocycles. The molecule has 2 amide bonds. The van der Waals surface area contributed by atoms with E-state index in [0.29, 0.717) is 37.3 Å². The Morgan fingerprint density at radius 3 is 2.82 bits per heavy atom. The zero-order valence-corrected chi connectivity index (χ0v) is 20.0. The van der Waals surface area contributed by atoms with E-state index in [0.717, 1.165) is 22.9 Å². The molecule has 5 rings (SSSR count). The molecule has 172 valence electrons. The zero-order valence-electron chi connectivity index (χ0n) is 17.6. The highest BCUT2D eigenvalue weighted by molar-refractivity contribution is 8.26. The van der Waals surface area contributed by atoms with Gasteiger partial charge in [-0.15, -0.1) is 0 Å². The van der Waals surface area contributed by atoms with Gasteiger partial charge in [-0.3, -0.25) is 14.5 Å². The monoisotopic (exact) mass is 512 g/mol. The summed E-state index contributed by atoms with van der Waals surface area (Å²) in [5.41, 5.74) is 1.62. The van der Waals surface area contributed by atoms with Crippen molar-refractivity contribution in [3.63, 3.8) is 0 Å². The van der Waals surface area contributed by atoms with Crippen LogP contribution in [-0.4, -0.2) is 34.4 Å². The van der Waals surface area contributed by atoms with Crippen molar-refractivity contribution in [3.05, 3.63) is 75.8 Å². The van der Waals surface area contributed by atoms with E-state index >= 15 is 0 Å². The molecule has 2 aromatic carbocycles. The van der Waals surface area contributed by atoms with Gasteiger partial charge in [0.2, 0.25) is 12.7 Å². The molecule has 7 nitrogen and oxygen atoms in total. The van der Waals surface area contributed by atoms with Crippen LogP contribution < -0.4 is 14.8 Å². The number of halogens is 1. The molecule has 1 aromatic heterocycles. The normalized spacial score (nSPS) is 15.9. The fourth-order valence-electron chi connectivity index (χ4n) is 3.45. The quantitative estimate of drug-likeness (QED) is 0.373. The number of hydrogen-bond acceptors (Lipinski definition) is 7. The Balaban J connectivity index is 1.21. The SMILES string of the molecule is O=C(CN1C(=O)/C(=C/c2ccc(-c3ccccc3Cl)o2)SC1=S)NCc1ccc2c(c1)OCO2. The lowest BCUT2D eigenvalue weighted by Gasteiger charge is -2.14. The number of fused-ring (bicyclic) bond motifs is 1. The van der Waals surface area contributed by atoms with Crippen molar-refractivity contribution in [2.45, 2.75) is 6.54 Å². The average molecular weight is 513 g/mol. The molecule has 2 aliphatic heterocycles. The van der Waals surface area contributed by atoms with Crippen LogP contribution >= 0.6 is 35.6 Å². The number of thioether (sulfide) groups is 1. The van der Waals surface area contributed by atoms with Gasteiger partial charge in [-0.25, -0.2) is 0 Å². The third kappa shape index (κ3) is 4.68. The lowest BCUT2D eigenvalue weighted by atomic mass is 10.2. The van der Waals surface area contributed by atoms with Crippen molar-refractivity contribution in [1.29, 1.82) is 0 Å². The number of nitrogens with zero attached hydrogens (tertiary/aromatic N) is 1. The predicted octanol–water partition coefficient (Wildman–Crippen LogP) is 4.85. The largest absolute Gasteiger partial charge is 0.457 e. The van der Waals surface area contributed by atoms with Crippen LogP contribution in [0, 0.1) is 0 Å². The Bertz CT molecular complexity index is 1340. The number of carbonyl (C=O) groups is 2. The number of amides is 2. The molecule has 0 aliphatic carbocycles. The van der Waals surface area contributed by atoms with E-state index in [1.807, 2.05) is 30.3 Å². The maximum Gasteiger partial charge on any atom is 0.266 e. The Hall–Kier alpha value is -3.27. The molecule has 0 spiro atoms. The fourth-order valence-corrected chi connectivity index (χ4v) is 4.92. The minimum absolute atomic E-state index is 0.171. The van der Waals surface area contributed by atoms with E-state index < -0.39 is 0 Å². The number of thiocarbonyl (C=S) groups is 1. The van der Waals surface area contributed by atoms with E-state index in [2.05, 4.69) is 5.32 Å². The minimum atomic E-state index is -0.344. The minimum Gasteiger partial charge on any atom is -0.457 e. The van der Waals surface area contributed by atoms with Gasteiger partial charge in [-0.05, 0) is 42.0 Å². The first-order chi connectivity index (χ1) is 16.5. The van der Waals surface area contributed by atoms with Crippen molar-refractivity contribution >= 4 is 57.8 Å². The lowest BCUT2D eigenvalue weighted by Crippen LogP contribution is -2.39. The Morgan fingerprint density at radius 2 is 1.97 bits per heavy atom. The van der Waals surface area contributed by atoms with Crippen LogP contribution in [0.2, 0.25) is 5.02 Å². The molecule has 0 saturated carbocycles. The van der Waals surface area contributed by atoms with Crippen molar-refractivity contribution in [2.24, 2.45) is 0 Å². The summed E-state index contributed by atoms with van der Waals surface area (Å²) < 4.78 is 16.8. The number of rotatable bonds is 6. The van der Waals surface area contributed by atoms with Crippen LogP contribution in [-0.2, 0) is 16.1 Å². The maximum absolute atomic E-state index is 12.9. The van der Waals surface area contributed by atoms with Crippen molar-refractivity contribution in [2.75, 3.05) is 13.3 Å². The highest BCUT2D eigenvalue weighted by Crippen LogP contribution is 2.35. The van der Waals surface area contributed by atoms with Crippen molar-refractivity contribution < 1.29 is 23.5 Å². The molecule has 10 heteroatoms. The standard InChI is InChI=1S/C24H17ClN2O5S2/c25-17-4-2-1-3-16(17)18-8-6-15(32-18)10-21-23(29)27(24(33)34-21)12-22(28)26-11-14-5-7-19-20(9-14)31-13-30-19/h1-10H,11-13H2,(H,26,28)/b21-10-. The smallest absolute Gasteiger partial charge is 0.266 e. The van der Waals surface area contributed by atoms with Gasteiger partial charge in [0, 0.05) is 18.2 Å². The third-order valence-electron chi connectivity index (χ3n) is 5.14. The number of carbonyl (C=O) groups excluding carboxylic acids is 2. The summed E-state index contributed by atoms with van der Waals surface area (Å²) in [4.78, 5) is 27.0. The summed E-state index contributed by atoms with van der Waals surface area (Å²) in [6.07, 6.45) is 1.62. The van der Waals surface area contributed by atoms with Gasteiger partial charge in [0.25, 0.3) is 5.91 Å². The summed E-state index contributed by atoms with van der Waals surface area (Å²) in [5, 5.41) is 3.37. The highest BCUT2D eigenvalue weighted by Gasteiger charge is 2.33. The summed E-state index contributed by atoms with van der Waals surface area (Å²) in [7, 11) is 0. The second-order valence-electron chi connectivity index (χ2n) is 7.41. The second-order valence-corrected chi connectivity index (χ2v) is 9.50. The molecule has 2 aliphatic rings. The van der Waals surface area contributed by atoms with E-state index in [1.54, 1.807) is 30.3 Å². The molecule has 1 fully saturated rings. The molecule has 1 N–H and O–H groups in total. The Morgan fingerprint density at radius 1 is 1.15 bits per heavy atom. The first-order valence-corrected chi connectivity index (χ1v) is 11.8. The van der Waals surface area contributed by atoms with Crippen LogP contribution in [0.15, 0.2) is 63.9 Å². The molecule has 0 unspecified atom stereocenters. The number of nitrogens with one attached hydrogen (secondary N) is 1. The number of benzene rings is 2. The van der Waals surface area contributed by atoms with Crippen LogP contribution in [0.3, 0.4) is 0 Å². The zero-order chi connectivity index (χ0) is 23.7. The molecule has 0 radical (unpaired) electrons. The molecular formula is C24H17ClN2O5S2. The third-order valence-corrected chi connectivity index (χ3v) is 6.85. The lowest BCUT2D eigenvalue weighted by molar-refractivity contribution is -0.128. The van der Waals surface area contributed by atoms with Gasteiger partial charge in [0.15, 0.2) is 11.5 Å². The first-order valence-electron chi connectivity index (χ1n) is 10.2. The van der Waals surface area contributed by atoms with Crippen LogP contribution in [0.1, 0.15) is 11.3 Å². The van der Waals surface area contributed by atoms with Crippen molar-refractivity contribution in [1.82, 2.24) is 10.2 Å². The van der Waals surface area contributed by atoms with Gasteiger partial charge in [0.1, 0.15) is 22.4 Å². The van der Waals surface area contributed by atoms with E-state index in [9.17, 15) is 9.59 Å². The highest BCUT2D eigenvalue weighted by atomic mass is 35.5. The summed E-state index contributed by atoms with van der Waals surface area (Å²) >= 11 is 12.7. The second kappa shape index (κ2) is 9.54.